The molecule has 0 saturated carbocycles. The summed E-state index contributed by atoms with van der Waals surface area (Å²) in [5, 5.41) is 19.6. The minimum atomic E-state index is -0.361. The molecule has 0 atom stereocenters. The minimum Gasteiger partial charge on any atom is -0.508 e. The van der Waals surface area contributed by atoms with Crippen molar-refractivity contribution in [2.75, 3.05) is 14.2 Å². The van der Waals surface area contributed by atoms with Gasteiger partial charge in [-0.1, -0.05) is 0 Å². The molecular weight excluding hydrogens is 330 g/mol. The van der Waals surface area contributed by atoms with E-state index in [2.05, 4.69) is 18.4 Å². The van der Waals surface area contributed by atoms with E-state index in [0.717, 1.165) is 17.0 Å². The Labute approximate surface area is 152 Å². The Bertz CT molecular complexity index is 954. The third-order valence-corrected chi connectivity index (χ3v) is 4.89. The highest BCUT2D eigenvalue weighted by molar-refractivity contribution is 6.06. The van der Waals surface area contributed by atoms with E-state index in [0.29, 0.717) is 11.1 Å². The van der Waals surface area contributed by atoms with Gasteiger partial charge in [0.05, 0.1) is 18.1 Å². The molecule has 1 aliphatic rings. The molecule has 0 aromatic heterocycles. The van der Waals surface area contributed by atoms with Crippen molar-refractivity contribution in [2.24, 2.45) is 0 Å². The molecule has 1 heterocycles. The van der Waals surface area contributed by atoms with Crippen molar-refractivity contribution in [3.63, 3.8) is 0 Å². The van der Waals surface area contributed by atoms with Crippen LogP contribution in [-0.4, -0.2) is 40.6 Å². The highest BCUT2D eigenvalue weighted by Crippen LogP contribution is 2.40. The zero-order chi connectivity index (χ0) is 19.1. The van der Waals surface area contributed by atoms with Gasteiger partial charge >= 0.3 is 5.97 Å². The first kappa shape index (κ1) is 17.7. The summed E-state index contributed by atoms with van der Waals surface area (Å²) < 4.78 is 6.89. The number of hydrogen-bond acceptors (Lipinski definition) is 4. The van der Waals surface area contributed by atoms with Gasteiger partial charge in [-0.05, 0) is 50.3 Å². The van der Waals surface area contributed by atoms with Crippen LogP contribution in [0.5, 0.6) is 11.5 Å². The maximum Gasteiger partial charge on any atom is 0.337 e. The number of benzene rings is 2. The second kappa shape index (κ2) is 6.33. The quantitative estimate of drug-likeness (QED) is 0.503. The summed E-state index contributed by atoms with van der Waals surface area (Å²) >= 11 is 0. The number of methoxy groups -OCH3 is 1. The van der Waals surface area contributed by atoms with Gasteiger partial charge in [-0.2, -0.15) is 4.58 Å². The molecule has 0 unspecified atom stereocenters. The second-order valence-electron chi connectivity index (χ2n) is 6.87. The van der Waals surface area contributed by atoms with E-state index in [1.807, 2.05) is 25.3 Å². The maximum absolute atomic E-state index is 11.9. The van der Waals surface area contributed by atoms with Crippen LogP contribution in [0.2, 0.25) is 0 Å². The van der Waals surface area contributed by atoms with Crippen LogP contribution < -0.4 is 0 Å². The lowest BCUT2D eigenvalue weighted by atomic mass is 9.80. The number of nitrogens with zero attached hydrogens (tertiary/aromatic N) is 1. The van der Waals surface area contributed by atoms with Crippen molar-refractivity contribution in [1.29, 1.82) is 0 Å². The number of fused-ring (bicyclic) bond motifs is 1. The van der Waals surface area contributed by atoms with Gasteiger partial charge < -0.3 is 14.9 Å². The number of rotatable bonds is 3. The number of phenolic OH excluding ortho intramolecular Hbond substituents is 2. The molecule has 134 valence electrons. The van der Waals surface area contributed by atoms with Gasteiger partial charge in [0.15, 0.2) is 5.71 Å². The third kappa shape index (κ3) is 2.86. The van der Waals surface area contributed by atoms with E-state index >= 15 is 0 Å². The van der Waals surface area contributed by atoms with E-state index < -0.39 is 0 Å². The summed E-state index contributed by atoms with van der Waals surface area (Å²) in [6.45, 7) is 4.16. The number of carbonyl (C=O) groups excluding carboxylic acids is 1. The molecule has 0 saturated heterocycles. The van der Waals surface area contributed by atoms with Crippen molar-refractivity contribution in [3.05, 3.63) is 59.2 Å². The molecule has 0 fully saturated rings. The number of aromatic hydroxyl groups is 2. The van der Waals surface area contributed by atoms with Crippen LogP contribution in [0.1, 0.15) is 35.3 Å². The van der Waals surface area contributed by atoms with Crippen LogP contribution in [0, 0.1) is 0 Å². The van der Waals surface area contributed by atoms with Crippen molar-refractivity contribution < 1.29 is 24.3 Å². The van der Waals surface area contributed by atoms with E-state index in [4.69, 9.17) is 4.74 Å². The molecule has 0 spiro atoms. The average Bonchev–Trinajstić information content (AvgIpc) is 2.81. The van der Waals surface area contributed by atoms with Gasteiger partial charge in [0.2, 0.25) is 5.69 Å². The predicted octanol–water partition coefficient (Wildman–Crippen LogP) is 3.60. The standard InChI is InChI=1S/C21H21NO4/c1-21(2)16-12-14(20(25)26-4)5-8-17(16)22(3)19(21)10-6-13-11-15(23)7-9-18(13)24/h5-12,23H,1-4H3/p+1. The van der Waals surface area contributed by atoms with Crippen LogP contribution in [0.15, 0.2) is 42.5 Å². The zero-order valence-electron chi connectivity index (χ0n) is 15.3. The fraction of sp³-hybridized carbons (Fsp3) is 0.238. The van der Waals surface area contributed by atoms with Gasteiger partial charge in [-0.25, -0.2) is 4.79 Å². The van der Waals surface area contributed by atoms with Gasteiger partial charge in [0.1, 0.15) is 18.5 Å². The van der Waals surface area contributed by atoms with Gasteiger partial charge in [-0.3, -0.25) is 0 Å². The second-order valence-corrected chi connectivity index (χ2v) is 6.87. The van der Waals surface area contributed by atoms with Crippen LogP contribution >= 0.6 is 0 Å². The number of hydrogen-bond donors (Lipinski definition) is 2. The van der Waals surface area contributed by atoms with E-state index in [1.54, 1.807) is 12.1 Å². The number of phenols is 2. The number of allylic oxidation sites excluding steroid dienone is 1. The van der Waals surface area contributed by atoms with Crippen LogP contribution in [0.4, 0.5) is 5.69 Å². The minimum absolute atomic E-state index is 0.0949. The fourth-order valence-electron chi connectivity index (χ4n) is 3.43. The zero-order valence-corrected chi connectivity index (χ0v) is 15.3. The Morgan fingerprint density at radius 3 is 2.54 bits per heavy atom. The summed E-state index contributed by atoms with van der Waals surface area (Å²) in [5.41, 5.74) is 3.77. The Morgan fingerprint density at radius 2 is 1.85 bits per heavy atom. The highest BCUT2D eigenvalue weighted by Gasteiger charge is 2.43. The predicted molar refractivity (Wildman–Crippen MR) is 100 cm³/mol. The lowest BCUT2D eigenvalue weighted by Crippen LogP contribution is -2.26. The summed E-state index contributed by atoms with van der Waals surface area (Å²) in [6.07, 6.45) is 3.70. The molecule has 0 aliphatic carbocycles. The van der Waals surface area contributed by atoms with E-state index in [-0.39, 0.29) is 22.9 Å². The molecule has 0 bridgehead atoms. The first-order valence-electron chi connectivity index (χ1n) is 8.29. The Balaban J connectivity index is 2.03. The molecule has 1 aliphatic heterocycles. The topological polar surface area (TPSA) is 69.8 Å². The van der Waals surface area contributed by atoms with Crippen LogP contribution in [0.3, 0.4) is 0 Å². The van der Waals surface area contributed by atoms with Crippen molar-refractivity contribution in [1.82, 2.24) is 0 Å². The largest absolute Gasteiger partial charge is 0.508 e. The molecule has 2 aromatic rings. The normalized spacial score (nSPS) is 15.4. The first-order valence-corrected chi connectivity index (χ1v) is 8.29. The van der Waals surface area contributed by atoms with E-state index in [9.17, 15) is 15.0 Å². The lowest BCUT2D eigenvalue weighted by molar-refractivity contribution is -0.401. The highest BCUT2D eigenvalue weighted by atomic mass is 16.5. The molecule has 2 aromatic carbocycles. The summed E-state index contributed by atoms with van der Waals surface area (Å²) in [4.78, 5) is 11.9. The van der Waals surface area contributed by atoms with Crippen LogP contribution in [-0.2, 0) is 10.2 Å². The lowest BCUT2D eigenvalue weighted by Gasteiger charge is -2.16. The summed E-state index contributed by atoms with van der Waals surface area (Å²) in [5.74, 6) is -0.166. The number of esters is 1. The van der Waals surface area contributed by atoms with E-state index in [1.165, 1.54) is 25.3 Å². The first-order chi connectivity index (χ1) is 12.3. The van der Waals surface area contributed by atoms with Gasteiger partial charge in [0, 0.05) is 23.3 Å². The molecular formula is C21H22NO4+. The monoisotopic (exact) mass is 352 g/mol. The van der Waals surface area contributed by atoms with Crippen molar-refractivity contribution in [3.8, 4) is 11.5 Å². The molecule has 5 nitrogen and oxygen atoms in total. The van der Waals surface area contributed by atoms with Gasteiger partial charge in [-0.15, -0.1) is 0 Å². The average molecular weight is 352 g/mol. The Hall–Kier alpha value is -3.08. The smallest absolute Gasteiger partial charge is 0.337 e. The third-order valence-electron chi connectivity index (χ3n) is 4.89. The molecule has 5 heteroatoms. The number of ether oxygens (including phenoxy) is 1. The summed E-state index contributed by atoms with van der Waals surface area (Å²) in [7, 11) is 3.34. The number of carbonyl (C=O) groups is 1. The fourth-order valence-corrected chi connectivity index (χ4v) is 3.43. The SMILES string of the molecule is COC(=O)c1ccc2c(c1)C(C)(C)C(/C=C/c1cc(O)ccc1O)=[N+]2C. The maximum atomic E-state index is 11.9. The molecule has 2 N–H and O–H groups in total. The van der Waals surface area contributed by atoms with Gasteiger partial charge in [0.25, 0.3) is 0 Å². The molecule has 0 amide bonds. The van der Waals surface area contributed by atoms with Crippen molar-refractivity contribution >= 4 is 23.4 Å². The van der Waals surface area contributed by atoms with Crippen molar-refractivity contribution in [2.45, 2.75) is 19.3 Å². The Kier molecular flexibility index (Phi) is 4.32. The summed E-state index contributed by atoms with van der Waals surface area (Å²) in [6, 6.07) is 9.94. The molecule has 3 rings (SSSR count). The molecule has 0 radical (unpaired) electrons. The van der Waals surface area contributed by atoms with Crippen LogP contribution in [0.25, 0.3) is 6.08 Å². The Morgan fingerprint density at radius 1 is 1.12 bits per heavy atom. The molecule has 26 heavy (non-hydrogen) atoms.